The molecule has 14 heavy (non-hydrogen) atoms. The SMILES string of the molecule is CC(C)=CCC[C@H](C)CC(=O)[C@@H](C)O. The average Bonchev–Trinajstić information content (AvgIpc) is 2.02. The molecule has 2 heteroatoms. The highest BCUT2D eigenvalue weighted by Crippen LogP contribution is 2.13. The summed E-state index contributed by atoms with van der Waals surface area (Å²) in [7, 11) is 0. The van der Waals surface area contributed by atoms with Gasteiger partial charge in [-0.25, -0.2) is 0 Å². The van der Waals surface area contributed by atoms with Gasteiger partial charge < -0.3 is 5.11 Å². The number of carbonyl (C=O) groups excluding carboxylic acids is 1. The van der Waals surface area contributed by atoms with Gasteiger partial charge in [-0.3, -0.25) is 4.79 Å². The first-order valence-corrected chi connectivity index (χ1v) is 5.27. The van der Waals surface area contributed by atoms with Gasteiger partial charge in [0.2, 0.25) is 0 Å². The largest absolute Gasteiger partial charge is 0.386 e. The van der Waals surface area contributed by atoms with E-state index in [1.165, 1.54) is 12.5 Å². The van der Waals surface area contributed by atoms with Crippen molar-refractivity contribution in [3.8, 4) is 0 Å². The van der Waals surface area contributed by atoms with Crippen molar-refractivity contribution in [3.05, 3.63) is 11.6 Å². The third-order valence-corrected chi connectivity index (χ3v) is 2.23. The maximum Gasteiger partial charge on any atom is 0.161 e. The Bertz CT molecular complexity index is 200. The van der Waals surface area contributed by atoms with Crippen LogP contribution < -0.4 is 0 Å². The molecule has 0 aliphatic heterocycles. The van der Waals surface area contributed by atoms with Crippen molar-refractivity contribution in [1.82, 2.24) is 0 Å². The zero-order valence-electron chi connectivity index (χ0n) is 9.71. The first kappa shape index (κ1) is 13.4. The molecule has 0 saturated heterocycles. The Hall–Kier alpha value is -0.630. The van der Waals surface area contributed by atoms with Gasteiger partial charge in [0.05, 0.1) is 0 Å². The molecule has 0 saturated carbocycles. The van der Waals surface area contributed by atoms with Gasteiger partial charge in [0.25, 0.3) is 0 Å². The molecule has 0 radical (unpaired) electrons. The number of ketones is 1. The molecular weight excluding hydrogens is 176 g/mol. The molecule has 0 aromatic heterocycles. The second kappa shape index (κ2) is 6.77. The Labute approximate surface area is 87.0 Å². The lowest BCUT2D eigenvalue weighted by molar-refractivity contribution is -0.127. The number of aliphatic hydroxyl groups is 1. The summed E-state index contributed by atoms with van der Waals surface area (Å²) in [5, 5.41) is 9.02. The Morgan fingerprint density at radius 3 is 2.36 bits per heavy atom. The molecule has 0 aliphatic rings. The smallest absolute Gasteiger partial charge is 0.161 e. The lowest BCUT2D eigenvalue weighted by Gasteiger charge is -2.10. The summed E-state index contributed by atoms with van der Waals surface area (Å²) in [6, 6.07) is 0. The number of carbonyl (C=O) groups is 1. The quantitative estimate of drug-likeness (QED) is 0.666. The van der Waals surface area contributed by atoms with Crippen LogP contribution in [-0.4, -0.2) is 17.0 Å². The Morgan fingerprint density at radius 2 is 1.93 bits per heavy atom. The van der Waals surface area contributed by atoms with Crippen molar-refractivity contribution < 1.29 is 9.90 Å². The number of Topliss-reactive ketones (excluding diaryl/α,β-unsaturated/α-hetero) is 1. The van der Waals surface area contributed by atoms with E-state index in [4.69, 9.17) is 5.11 Å². The summed E-state index contributed by atoms with van der Waals surface area (Å²) in [6.07, 6.45) is 3.92. The summed E-state index contributed by atoms with van der Waals surface area (Å²) >= 11 is 0. The maximum absolute atomic E-state index is 11.2. The van der Waals surface area contributed by atoms with E-state index >= 15 is 0 Å². The van der Waals surface area contributed by atoms with Crippen LogP contribution in [0.25, 0.3) is 0 Å². The summed E-state index contributed by atoms with van der Waals surface area (Å²) < 4.78 is 0. The lowest BCUT2D eigenvalue weighted by atomic mass is 9.97. The zero-order chi connectivity index (χ0) is 11.1. The van der Waals surface area contributed by atoms with Gasteiger partial charge in [0, 0.05) is 6.42 Å². The van der Waals surface area contributed by atoms with Gasteiger partial charge in [-0.1, -0.05) is 18.6 Å². The number of allylic oxidation sites excluding steroid dienone is 2. The first-order chi connectivity index (χ1) is 6.43. The fourth-order valence-corrected chi connectivity index (χ4v) is 1.27. The minimum Gasteiger partial charge on any atom is -0.386 e. The highest BCUT2D eigenvalue weighted by atomic mass is 16.3. The Kier molecular flexibility index (Phi) is 6.46. The zero-order valence-corrected chi connectivity index (χ0v) is 9.71. The predicted molar refractivity (Wildman–Crippen MR) is 59.1 cm³/mol. The van der Waals surface area contributed by atoms with Crippen molar-refractivity contribution >= 4 is 5.78 Å². The van der Waals surface area contributed by atoms with Crippen LogP contribution in [0.4, 0.5) is 0 Å². The van der Waals surface area contributed by atoms with E-state index in [-0.39, 0.29) is 5.78 Å². The molecule has 2 atom stereocenters. The molecule has 0 rings (SSSR count). The number of hydrogen-bond acceptors (Lipinski definition) is 2. The van der Waals surface area contributed by atoms with E-state index in [0.29, 0.717) is 12.3 Å². The van der Waals surface area contributed by atoms with Crippen LogP contribution in [0.5, 0.6) is 0 Å². The molecule has 0 aliphatic carbocycles. The van der Waals surface area contributed by atoms with Crippen LogP contribution in [-0.2, 0) is 4.79 Å². The molecule has 0 bridgehead atoms. The van der Waals surface area contributed by atoms with Crippen molar-refractivity contribution in [1.29, 1.82) is 0 Å². The normalized spacial score (nSPS) is 14.6. The summed E-state index contributed by atoms with van der Waals surface area (Å²) in [5.41, 5.74) is 1.32. The van der Waals surface area contributed by atoms with Gasteiger partial charge in [-0.05, 0) is 39.5 Å². The molecule has 0 fully saturated rings. The molecule has 2 nitrogen and oxygen atoms in total. The third kappa shape index (κ3) is 6.84. The number of hydrogen-bond donors (Lipinski definition) is 1. The van der Waals surface area contributed by atoms with Gasteiger partial charge >= 0.3 is 0 Å². The second-order valence-electron chi connectivity index (χ2n) is 4.31. The molecule has 0 unspecified atom stereocenters. The molecule has 82 valence electrons. The standard InChI is InChI=1S/C12H22O2/c1-9(2)6-5-7-10(3)8-12(14)11(4)13/h6,10-11,13H,5,7-8H2,1-4H3/t10-,11+/m0/s1. The van der Waals surface area contributed by atoms with Gasteiger partial charge in [0.1, 0.15) is 6.10 Å². The van der Waals surface area contributed by atoms with E-state index in [0.717, 1.165) is 12.8 Å². The van der Waals surface area contributed by atoms with Crippen LogP contribution in [0.2, 0.25) is 0 Å². The molecular formula is C12H22O2. The summed E-state index contributed by atoms with van der Waals surface area (Å²) in [5.74, 6) is 0.322. The van der Waals surface area contributed by atoms with E-state index in [2.05, 4.69) is 26.8 Å². The predicted octanol–water partition coefficient (Wildman–Crippen LogP) is 2.71. The first-order valence-electron chi connectivity index (χ1n) is 5.27. The highest BCUT2D eigenvalue weighted by molar-refractivity contribution is 5.82. The summed E-state index contributed by atoms with van der Waals surface area (Å²) in [4.78, 5) is 11.2. The fourth-order valence-electron chi connectivity index (χ4n) is 1.27. The second-order valence-corrected chi connectivity index (χ2v) is 4.31. The summed E-state index contributed by atoms with van der Waals surface area (Å²) in [6.45, 7) is 7.74. The lowest BCUT2D eigenvalue weighted by Crippen LogP contribution is -2.18. The molecule has 1 N–H and O–H groups in total. The van der Waals surface area contributed by atoms with Crippen LogP contribution in [0, 0.1) is 5.92 Å². The van der Waals surface area contributed by atoms with E-state index in [1.807, 2.05) is 0 Å². The molecule has 0 aromatic carbocycles. The number of aliphatic hydroxyl groups excluding tert-OH is 1. The molecule has 0 aromatic rings. The van der Waals surface area contributed by atoms with Crippen molar-refractivity contribution in [2.75, 3.05) is 0 Å². The van der Waals surface area contributed by atoms with Crippen LogP contribution in [0.3, 0.4) is 0 Å². The molecule has 0 heterocycles. The van der Waals surface area contributed by atoms with Gasteiger partial charge in [0.15, 0.2) is 5.78 Å². The van der Waals surface area contributed by atoms with Crippen LogP contribution in [0.15, 0.2) is 11.6 Å². The number of rotatable bonds is 6. The maximum atomic E-state index is 11.2. The average molecular weight is 198 g/mol. The van der Waals surface area contributed by atoms with Crippen LogP contribution >= 0.6 is 0 Å². The minimum absolute atomic E-state index is 0.0466. The van der Waals surface area contributed by atoms with Crippen molar-refractivity contribution in [2.45, 2.75) is 53.1 Å². The minimum atomic E-state index is -0.805. The fraction of sp³-hybridized carbons (Fsp3) is 0.750. The van der Waals surface area contributed by atoms with Crippen molar-refractivity contribution in [2.24, 2.45) is 5.92 Å². The third-order valence-electron chi connectivity index (χ3n) is 2.23. The van der Waals surface area contributed by atoms with Crippen molar-refractivity contribution in [3.63, 3.8) is 0 Å². The van der Waals surface area contributed by atoms with E-state index in [1.54, 1.807) is 0 Å². The van der Waals surface area contributed by atoms with Crippen LogP contribution in [0.1, 0.15) is 47.0 Å². The molecule has 0 spiro atoms. The monoisotopic (exact) mass is 198 g/mol. The van der Waals surface area contributed by atoms with E-state index in [9.17, 15) is 4.79 Å². The van der Waals surface area contributed by atoms with Gasteiger partial charge in [-0.15, -0.1) is 0 Å². The topological polar surface area (TPSA) is 37.3 Å². The van der Waals surface area contributed by atoms with Gasteiger partial charge in [-0.2, -0.15) is 0 Å². The Morgan fingerprint density at radius 1 is 1.36 bits per heavy atom. The van der Waals surface area contributed by atoms with E-state index < -0.39 is 6.10 Å². The highest BCUT2D eigenvalue weighted by Gasteiger charge is 2.12. The Balaban J connectivity index is 3.71. The molecule has 0 amide bonds.